The molecule has 1 heteroatoms. The van der Waals surface area contributed by atoms with E-state index in [9.17, 15) is 0 Å². The Morgan fingerprint density at radius 3 is 2.00 bits per heavy atom. The van der Waals surface area contributed by atoms with Gasteiger partial charge in [0.15, 0.2) is 0 Å². The van der Waals surface area contributed by atoms with Crippen LogP contribution in [0.25, 0.3) is 0 Å². The Kier molecular flexibility index (Phi) is 6.93. The maximum absolute atomic E-state index is 5.92. The van der Waals surface area contributed by atoms with Crippen molar-refractivity contribution in [3.8, 4) is 0 Å². The van der Waals surface area contributed by atoms with Crippen molar-refractivity contribution in [2.45, 2.75) is 58.8 Å². The highest BCUT2D eigenvalue weighted by molar-refractivity contribution is 6.20. The molecule has 0 rings (SSSR count). The molecule has 74 valence electrons. The van der Waals surface area contributed by atoms with E-state index >= 15 is 0 Å². The SMILES string of the molecule is CC[C@H](CCC(C)Cl)CC(C)C. The molecule has 0 aliphatic heterocycles. The van der Waals surface area contributed by atoms with Crippen molar-refractivity contribution in [3.63, 3.8) is 0 Å². The van der Waals surface area contributed by atoms with Gasteiger partial charge in [-0.2, -0.15) is 0 Å². The van der Waals surface area contributed by atoms with Crippen molar-refractivity contribution in [3.05, 3.63) is 0 Å². The number of alkyl halides is 1. The molecule has 0 N–H and O–H groups in total. The predicted molar refractivity (Wildman–Crippen MR) is 57.8 cm³/mol. The van der Waals surface area contributed by atoms with Crippen LogP contribution in [0.15, 0.2) is 0 Å². The van der Waals surface area contributed by atoms with Crippen LogP contribution in [0, 0.1) is 11.8 Å². The van der Waals surface area contributed by atoms with Crippen LogP contribution in [-0.2, 0) is 0 Å². The van der Waals surface area contributed by atoms with Gasteiger partial charge < -0.3 is 0 Å². The molecule has 0 amide bonds. The molecule has 0 nitrogen and oxygen atoms in total. The van der Waals surface area contributed by atoms with Gasteiger partial charge in [-0.3, -0.25) is 0 Å². The van der Waals surface area contributed by atoms with Crippen molar-refractivity contribution < 1.29 is 0 Å². The highest BCUT2D eigenvalue weighted by Gasteiger charge is 2.09. The first-order chi connectivity index (χ1) is 5.56. The molecule has 0 aliphatic rings. The minimum Gasteiger partial charge on any atom is -0.123 e. The van der Waals surface area contributed by atoms with E-state index in [1.165, 1.54) is 25.7 Å². The lowest BCUT2D eigenvalue weighted by atomic mass is 9.90. The number of halogens is 1. The molecule has 0 aromatic carbocycles. The molecule has 0 radical (unpaired) electrons. The van der Waals surface area contributed by atoms with Gasteiger partial charge in [0, 0.05) is 5.38 Å². The molecule has 0 saturated heterocycles. The van der Waals surface area contributed by atoms with Crippen LogP contribution in [0.1, 0.15) is 53.4 Å². The van der Waals surface area contributed by atoms with Crippen molar-refractivity contribution in [1.29, 1.82) is 0 Å². The fraction of sp³-hybridized carbons (Fsp3) is 1.00. The fourth-order valence-electron chi connectivity index (χ4n) is 1.62. The molecule has 0 aromatic rings. The van der Waals surface area contributed by atoms with Gasteiger partial charge in [0.2, 0.25) is 0 Å². The van der Waals surface area contributed by atoms with Gasteiger partial charge in [-0.1, -0.05) is 27.2 Å². The third-order valence-electron chi connectivity index (χ3n) is 2.35. The van der Waals surface area contributed by atoms with Gasteiger partial charge in [-0.25, -0.2) is 0 Å². The van der Waals surface area contributed by atoms with Gasteiger partial charge in [-0.15, -0.1) is 11.6 Å². The van der Waals surface area contributed by atoms with E-state index in [-0.39, 0.29) is 0 Å². The van der Waals surface area contributed by atoms with Gasteiger partial charge in [0.1, 0.15) is 0 Å². The van der Waals surface area contributed by atoms with E-state index < -0.39 is 0 Å². The molecule has 0 aliphatic carbocycles. The molecule has 2 atom stereocenters. The molecular formula is C11H23Cl. The second kappa shape index (κ2) is 6.77. The largest absolute Gasteiger partial charge is 0.123 e. The lowest BCUT2D eigenvalue weighted by Crippen LogP contribution is -2.05. The summed E-state index contributed by atoms with van der Waals surface area (Å²) < 4.78 is 0. The molecule has 12 heavy (non-hydrogen) atoms. The van der Waals surface area contributed by atoms with E-state index in [0.717, 1.165) is 11.8 Å². The summed E-state index contributed by atoms with van der Waals surface area (Å²) in [5.74, 6) is 1.73. The minimum absolute atomic E-state index is 0.353. The van der Waals surface area contributed by atoms with E-state index in [1.807, 2.05) is 0 Å². The van der Waals surface area contributed by atoms with Crippen LogP contribution in [0.3, 0.4) is 0 Å². The maximum atomic E-state index is 5.92. The normalized spacial score (nSPS) is 16.5. The Hall–Kier alpha value is 0.290. The minimum atomic E-state index is 0.353. The molecule has 0 bridgehead atoms. The summed E-state index contributed by atoms with van der Waals surface area (Å²) in [6, 6.07) is 0. The van der Waals surface area contributed by atoms with Crippen molar-refractivity contribution >= 4 is 11.6 Å². The maximum Gasteiger partial charge on any atom is 0.0307 e. The van der Waals surface area contributed by atoms with Crippen LogP contribution in [0.4, 0.5) is 0 Å². The highest BCUT2D eigenvalue weighted by Crippen LogP contribution is 2.22. The summed E-state index contributed by atoms with van der Waals surface area (Å²) >= 11 is 5.92. The van der Waals surface area contributed by atoms with E-state index in [4.69, 9.17) is 11.6 Å². The average Bonchev–Trinajstić information content (AvgIpc) is 1.97. The first kappa shape index (κ1) is 12.3. The Bertz CT molecular complexity index is 97.2. The third-order valence-corrected chi connectivity index (χ3v) is 2.57. The van der Waals surface area contributed by atoms with Gasteiger partial charge in [-0.05, 0) is 38.0 Å². The quantitative estimate of drug-likeness (QED) is 0.543. The molecule has 0 spiro atoms. The number of rotatable bonds is 6. The lowest BCUT2D eigenvalue weighted by Gasteiger charge is -2.17. The van der Waals surface area contributed by atoms with Crippen molar-refractivity contribution in [1.82, 2.24) is 0 Å². The van der Waals surface area contributed by atoms with Crippen LogP contribution in [0.5, 0.6) is 0 Å². The zero-order valence-electron chi connectivity index (χ0n) is 8.94. The monoisotopic (exact) mass is 190 g/mol. The highest BCUT2D eigenvalue weighted by atomic mass is 35.5. The Labute approximate surface area is 82.7 Å². The van der Waals surface area contributed by atoms with E-state index in [2.05, 4.69) is 27.7 Å². The topological polar surface area (TPSA) is 0 Å². The zero-order chi connectivity index (χ0) is 9.56. The van der Waals surface area contributed by atoms with Gasteiger partial charge in [0.25, 0.3) is 0 Å². The first-order valence-electron chi connectivity index (χ1n) is 5.20. The van der Waals surface area contributed by atoms with Crippen LogP contribution < -0.4 is 0 Å². The Morgan fingerprint density at radius 1 is 1.08 bits per heavy atom. The second-order valence-electron chi connectivity index (χ2n) is 4.26. The smallest absolute Gasteiger partial charge is 0.0307 e. The zero-order valence-corrected chi connectivity index (χ0v) is 9.69. The van der Waals surface area contributed by atoms with E-state index in [0.29, 0.717) is 5.38 Å². The summed E-state index contributed by atoms with van der Waals surface area (Å²) in [6.07, 6.45) is 5.15. The Balaban J connectivity index is 3.53. The third kappa shape index (κ3) is 6.97. The van der Waals surface area contributed by atoms with Crippen LogP contribution in [-0.4, -0.2) is 5.38 Å². The fourth-order valence-corrected chi connectivity index (χ4v) is 1.75. The molecule has 0 saturated carbocycles. The van der Waals surface area contributed by atoms with Gasteiger partial charge in [0.05, 0.1) is 0 Å². The summed E-state index contributed by atoms with van der Waals surface area (Å²) in [4.78, 5) is 0. The molecule has 1 unspecified atom stereocenters. The summed E-state index contributed by atoms with van der Waals surface area (Å²) in [5, 5.41) is 0.353. The first-order valence-corrected chi connectivity index (χ1v) is 5.64. The van der Waals surface area contributed by atoms with Gasteiger partial charge >= 0.3 is 0 Å². The molecular weight excluding hydrogens is 168 g/mol. The average molecular weight is 191 g/mol. The van der Waals surface area contributed by atoms with E-state index in [1.54, 1.807) is 0 Å². The van der Waals surface area contributed by atoms with Crippen molar-refractivity contribution in [2.75, 3.05) is 0 Å². The lowest BCUT2D eigenvalue weighted by molar-refractivity contribution is 0.367. The Morgan fingerprint density at radius 2 is 1.67 bits per heavy atom. The second-order valence-corrected chi connectivity index (χ2v) is 5.01. The number of hydrogen-bond donors (Lipinski definition) is 0. The standard InChI is InChI=1S/C11H23Cl/c1-5-11(8-9(2)3)7-6-10(4)12/h9-11H,5-8H2,1-4H3/t10?,11-/m1/s1. The van der Waals surface area contributed by atoms with Crippen LogP contribution >= 0.6 is 11.6 Å². The number of hydrogen-bond acceptors (Lipinski definition) is 0. The summed E-state index contributed by atoms with van der Waals surface area (Å²) in [5.41, 5.74) is 0. The summed E-state index contributed by atoms with van der Waals surface area (Å²) in [6.45, 7) is 8.97. The molecule has 0 heterocycles. The molecule has 0 aromatic heterocycles. The van der Waals surface area contributed by atoms with Crippen LogP contribution in [0.2, 0.25) is 0 Å². The summed E-state index contributed by atoms with van der Waals surface area (Å²) in [7, 11) is 0. The predicted octanol–water partition coefficient (Wildman–Crippen LogP) is 4.47. The van der Waals surface area contributed by atoms with Crippen molar-refractivity contribution in [2.24, 2.45) is 11.8 Å². The molecule has 0 fully saturated rings.